The van der Waals surface area contributed by atoms with E-state index >= 15 is 0 Å². The van der Waals surface area contributed by atoms with Crippen molar-refractivity contribution in [3.8, 4) is 61.4 Å². The molecular formula is C68H92O3P2. The first-order chi connectivity index (χ1) is 33.3. The smallest absolute Gasteiger partial charge is 0.220 e. The Balaban J connectivity index is 2.20. The Morgan fingerprint density at radius 3 is 0.863 bits per heavy atom. The van der Waals surface area contributed by atoms with Crippen molar-refractivity contribution >= 4 is 18.1 Å². The highest BCUT2D eigenvalue weighted by Gasteiger charge is 2.38. The molecule has 0 saturated heterocycles. The fourth-order valence-corrected chi connectivity index (χ4v) is 10.9. The van der Waals surface area contributed by atoms with Crippen LogP contribution in [0.2, 0.25) is 0 Å². The van der Waals surface area contributed by atoms with E-state index in [4.69, 9.17) is 8.83 Å². The van der Waals surface area contributed by atoms with E-state index in [1.54, 1.807) is 0 Å². The summed E-state index contributed by atoms with van der Waals surface area (Å²) in [4.78, 5) is 10.4. The third-order valence-corrected chi connectivity index (χ3v) is 15.6. The summed E-state index contributed by atoms with van der Waals surface area (Å²) in [6.07, 6.45) is 0. The maximum Gasteiger partial charge on any atom is 0.220 e. The highest BCUT2D eigenvalue weighted by Crippen LogP contribution is 2.61. The van der Waals surface area contributed by atoms with Gasteiger partial charge in [0.05, 0.1) is 0 Å². The summed E-state index contributed by atoms with van der Waals surface area (Å²) in [5.74, 6) is 0.744. The summed E-state index contributed by atoms with van der Waals surface area (Å²) < 4.78 is 13.4. The average molecular weight is 1020 g/mol. The highest BCUT2D eigenvalue weighted by atomic mass is 31.2. The van der Waals surface area contributed by atoms with E-state index in [1.807, 2.05) is 0 Å². The Bertz CT molecular complexity index is 2950. The molecule has 0 saturated carbocycles. The molecule has 6 aromatic rings. The van der Waals surface area contributed by atoms with E-state index in [0.29, 0.717) is 0 Å². The molecule has 2 unspecified atom stereocenters. The highest BCUT2D eigenvalue weighted by molar-refractivity contribution is 7.40. The zero-order valence-electron chi connectivity index (χ0n) is 49.6. The van der Waals surface area contributed by atoms with Crippen LogP contribution in [0.25, 0.3) is 55.6 Å². The minimum absolute atomic E-state index is 0.0857. The lowest BCUT2D eigenvalue weighted by Crippen LogP contribution is -2.20. The Hall–Kier alpha value is -4.10. The van der Waals surface area contributed by atoms with E-state index in [9.17, 15) is 4.89 Å². The third-order valence-electron chi connectivity index (χ3n) is 14.6. The Labute approximate surface area is 448 Å². The second-order valence-corrected chi connectivity index (χ2v) is 30.4. The quantitative estimate of drug-likeness (QED) is 0.116. The van der Waals surface area contributed by atoms with Crippen molar-refractivity contribution in [2.45, 2.75) is 209 Å². The standard InChI is InChI=1S/C68H92O3P2/c1-61(2,3)43-30-34-47(51(38-43)65(13,14)15)56-55(42-28-26-25-27-29-42)60(70-73-71-72-69)59(50-37-33-46(64(10,11)12)41-54(50)68(22,23)24)58(49-36-32-45(63(7,8)9)40-53(49)67(19,20)21)57(56)48-35-31-44(62(4,5)6)39-52(48)66(16,17)18/h25-41,69,72-73H,1-24H3. The van der Waals surface area contributed by atoms with Gasteiger partial charge in [-0.25, -0.2) is 0 Å². The van der Waals surface area contributed by atoms with Gasteiger partial charge in [-0.2, -0.15) is 0 Å². The lowest BCUT2D eigenvalue weighted by molar-refractivity contribution is 0.499. The Kier molecular flexibility index (Phi) is 16.3. The zero-order chi connectivity index (χ0) is 54.8. The molecule has 0 heterocycles. The summed E-state index contributed by atoms with van der Waals surface area (Å²) in [7, 11) is -1.20. The lowest BCUT2D eigenvalue weighted by Gasteiger charge is -2.36. The molecule has 0 radical (unpaired) electrons. The SMILES string of the molecule is CC(C)(C)c1ccc(-c2c(OPOPO)c(-c3ccccc3)c(-c3ccc(C(C)(C)C)cc3C(C)(C)C)c(-c3ccc(C(C)(C)C)cc3C(C)(C)C)c2-c2ccc(C(C)(C)C)cc2C(C)(C)C)c(C(C)(C)C)c1. The molecular weight excluding hydrogens is 927 g/mol. The molecule has 0 aliphatic rings. The van der Waals surface area contributed by atoms with Gasteiger partial charge in [-0.05, 0) is 121 Å². The Morgan fingerprint density at radius 1 is 0.315 bits per heavy atom. The predicted molar refractivity (Wildman–Crippen MR) is 324 cm³/mol. The molecule has 0 amide bonds. The number of hydrogen-bond donors (Lipinski definition) is 1. The largest absolute Gasteiger partial charge is 0.448 e. The van der Waals surface area contributed by atoms with E-state index in [-0.39, 0.29) is 43.3 Å². The van der Waals surface area contributed by atoms with E-state index in [2.05, 4.69) is 269 Å². The minimum Gasteiger partial charge on any atom is -0.448 e. The molecule has 0 aromatic heterocycles. The molecule has 2 atom stereocenters. The van der Waals surface area contributed by atoms with Crippen molar-refractivity contribution < 1.29 is 13.7 Å². The van der Waals surface area contributed by atoms with Crippen LogP contribution in [0, 0.1) is 0 Å². The first kappa shape index (κ1) is 58.2. The Morgan fingerprint density at radius 2 is 0.589 bits per heavy atom. The molecule has 0 spiro atoms. The predicted octanol–water partition coefficient (Wildman–Crippen LogP) is 20.8. The lowest BCUT2D eigenvalue weighted by atomic mass is 9.68. The fraction of sp³-hybridized carbons (Fsp3) is 0.471. The molecule has 1 N–H and O–H groups in total. The summed E-state index contributed by atoms with van der Waals surface area (Å²) in [5.41, 5.74) is 20.0. The minimum atomic E-state index is -0.729. The maximum absolute atomic E-state index is 10.4. The molecule has 0 aliphatic heterocycles. The van der Waals surface area contributed by atoms with Crippen molar-refractivity contribution in [1.82, 2.24) is 0 Å². The van der Waals surface area contributed by atoms with Crippen LogP contribution in [0.15, 0.2) is 103 Å². The molecule has 3 nitrogen and oxygen atoms in total. The van der Waals surface area contributed by atoms with Gasteiger partial charge in [0, 0.05) is 22.3 Å². The summed E-state index contributed by atoms with van der Waals surface area (Å²) in [5, 5.41) is 0. The van der Waals surface area contributed by atoms with Crippen molar-refractivity contribution in [2.24, 2.45) is 0 Å². The molecule has 0 fully saturated rings. The first-order valence-corrected chi connectivity index (χ1v) is 28.3. The molecule has 6 aromatic carbocycles. The normalized spacial score (nSPS) is 13.8. The fourth-order valence-electron chi connectivity index (χ4n) is 10.3. The van der Waals surface area contributed by atoms with Crippen molar-refractivity contribution in [3.05, 3.63) is 148 Å². The molecule has 0 bridgehead atoms. The van der Waals surface area contributed by atoms with Crippen molar-refractivity contribution in [2.75, 3.05) is 0 Å². The third kappa shape index (κ3) is 12.6. The van der Waals surface area contributed by atoms with Crippen LogP contribution in [0.4, 0.5) is 0 Å². The molecule has 73 heavy (non-hydrogen) atoms. The number of benzene rings is 6. The molecule has 0 aliphatic carbocycles. The van der Waals surface area contributed by atoms with Gasteiger partial charge in [-0.15, -0.1) is 0 Å². The summed E-state index contributed by atoms with van der Waals surface area (Å²) >= 11 is 0. The van der Waals surface area contributed by atoms with Gasteiger partial charge < -0.3 is 9.42 Å². The van der Waals surface area contributed by atoms with Gasteiger partial charge in [0.25, 0.3) is 0 Å². The van der Waals surface area contributed by atoms with Crippen LogP contribution in [0.1, 0.15) is 211 Å². The molecule has 392 valence electrons. The zero-order valence-corrected chi connectivity index (χ0v) is 51.6. The van der Waals surface area contributed by atoms with Gasteiger partial charge in [-0.3, -0.25) is 4.31 Å². The van der Waals surface area contributed by atoms with Gasteiger partial charge in [0.1, 0.15) is 5.75 Å². The van der Waals surface area contributed by atoms with Crippen LogP contribution >= 0.6 is 18.1 Å². The van der Waals surface area contributed by atoms with Crippen LogP contribution in [0.5, 0.6) is 5.75 Å². The maximum atomic E-state index is 10.4. The number of rotatable bonds is 9. The van der Waals surface area contributed by atoms with Gasteiger partial charge >= 0.3 is 0 Å². The van der Waals surface area contributed by atoms with Crippen LogP contribution < -0.4 is 4.52 Å². The van der Waals surface area contributed by atoms with Crippen molar-refractivity contribution in [1.29, 1.82) is 0 Å². The molecule has 6 rings (SSSR count). The topological polar surface area (TPSA) is 38.7 Å². The van der Waals surface area contributed by atoms with Gasteiger partial charge in [0.2, 0.25) is 9.03 Å². The second-order valence-electron chi connectivity index (χ2n) is 29.0. The first-order valence-electron chi connectivity index (χ1n) is 26.7. The summed E-state index contributed by atoms with van der Waals surface area (Å²) in [6, 6.07) is 40.0. The number of hydrogen-bond acceptors (Lipinski definition) is 3. The van der Waals surface area contributed by atoms with Crippen molar-refractivity contribution in [3.63, 3.8) is 0 Å². The summed E-state index contributed by atoms with van der Waals surface area (Å²) in [6.45, 7) is 56.2. The monoisotopic (exact) mass is 1020 g/mol. The van der Waals surface area contributed by atoms with Crippen LogP contribution in [-0.4, -0.2) is 4.89 Å². The van der Waals surface area contributed by atoms with E-state index in [0.717, 1.165) is 39.1 Å². The average Bonchev–Trinajstić information content (AvgIpc) is 3.25. The van der Waals surface area contributed by atoms with E-state index < -0.39 is 18.1 Å². The van der Waals surface area contributed by atoms with E-state index in [1.165, 1.54) is 66.8 Å². The van der Waals surface area contributed by atoms with Crippen LogP contribution in [-0.2, 0) is 47.6 Å². The van der Waals surface area contributed by atoms with Gasteiger partial charge in [-0.1, -0.05) is 269 Å². The second kappa shape index (κ2) is 20.5. The molecule has 5 heteroatoms. The van der Waals surface area contributed by atoms with Crippen LogP contribution in [0.3, 0.4) is 0 Å². The van der Waals surface area contributed by atoms with Gasteiger partial charge in [0.15, 0.2) is 9.03 Å².